The van der Waals surface area contributed by atoms with Gasteiger partial charge in [0.25, 0.3) is 0 Å². The van der Waals surface area contributed by atoms with E-state index in [0.717, 1.165) is 18.4 Å². The van der Waals surface area contributed by atoms with Gasteiger partial charge in [-0.25, -0.2) is 4.39 Å². The summed E-state index contributed by atoms with van der Waals surface area (Å²) in [6.45, 7) is 0. The molecule has 0 aromatic heterocycles. The normalized spacial score (nSPS) is 27.8. The van der Waals surface area contributed by atoms with E-state index < -0.39 is 15.5 Å². The molecule has 0 aliphatic carbocycles. The van der Waals surface area contributed by atoms with Gasteiger partial charge in [-0.05, 0) is 30.5 Å². The Hall–Kier alpha value is -0.810. The summed E-state index contributed by atoms with van der Waals surface area (Å²) in [6.07, 6.45) is 2.61. The van der Waals surface area contributed by atoms with Gasteiger partial charge in [-0.1, -0.05) is 30.8 Å². The van der Waals surface area contributed by atoms with Crippen molar-refractivity contribution in [2.45, 2.75) is 24.0 Å². The maximum Gasteiger partial charge on any atom is 0.123 e. The number of hydrogen-bond donors (Lipinski definition) is 1. The largest absolute Gasteiger partial charge is 0.381 e. The van der Waals surface area contributed by atoms with Gasteiger partial charge in [-0.15, -0.1) is 0 Å². The summed E-state index contributed by atoms with van der Waals surface area (Å²) in [5, 5.41) is 2.94. The van der Waals surface area contributed by atoms with E-state index in [1.807, 2.05) is 6.07 Å². The first-order valence-electron chi connectivity index (χ1n) is 5.98. The molecule has 0 unspecified atom stereocenters. The Balaban J connectivity index is 2.54. The number of likely N-dealkylation sites (N-methyl/N-ethyl adjacent to an activating group) is 1. The Kier molecular flexibility index (Phi) is 4.12. The third-order valence-corrected chi connectivity index (χ3v) is 6.14. The highest BCUT2D eigenvalue weighted by Gasteiger charge is 2.44. The van der Waals surface area contributed by atoms with Crippen LogP contribution in [-0.4, -0.2) is 22.0 Å². The summed E-state index contributed by atoms with van der Waals surface area (Å²) in [7, 11) is 0.635. The Morgan fingerprint density at radius 3 is 2.89 bits per heavy atom. The first-order chi connectivity index (χ1) is 8.61. The molecule has 1 heterocycles. The van der Waals surface area contributed by atoms with Crippen molar-refractivity contribution < 1.29 is 8.60 Å². The van der Waals surface area contributed by atoms with Gasteiger partial charge in [0, 0.05) is 23.6 Å². The van der Waals surface area contributed by atoms with Gasteiger partial charge in [0.1, 0.15) is 10.6 Å². The first kappa shape index (κ1) is 13.6. The van der Waals surface area contributed by atoms with Crippen LogP contribution >= 0.6 is 12.2 Å². The predicted molar refractivity (Wildman–Crippen MR) is 76.6 cm³/mol. The highest BCUT2D eigenvalue weighted by atomic mass is 32.2. The minimum atomic E-state index is -1.10. The Morgan fingerprint density at radius 1 is 1.50 bits per heavy atom. The van der Waals surface area contributed by atoms with Crippen LogP contribution in [0.4, 0.5) is 4.39 Å². The molecule has 2 atom stereocenters. The zero-order valence-electron chi connectivity index (χ0n) is 10.2. The molecule has 98 valence electrons. The molecule has 0 saturated carbocycles. The van der Waals surface area contributed by atoms with Crippen LogP contribution in [0, 0.1) is 5.82 Å². The molecule has 0 amide bonds. The van der Waals surface area contributed by atoms with Gasteiger partial charge in [0.05, 0.1) is 4.99 Å². The molecule has 1 aromatic carbocycles. The lowest BCUT2D eigenvalue weighted by Crippen LogP contribution is -2.48. The Bertz CT molecular complexity index is 482. The van der Waals surface area contributed by atoms with Crippen molar-refractivity contribution in [3.05, 3.63) is 35.6 Å². The number of thiocarbonyl (C=S) groups is 1. The molecule has 0 spiro atoms. The number of benzene rings is 1. The summed E-state index contributed by atoms with van der Waals surface area (Å²) < 4.78 is 25.2. The second kappa shape index (κ2) is 5.45. The maximum absolute atomic E-state index is 13.4. The average Bonchev–Trinajstić information content (AvgIpc) is 2.38. The van der Waals surface area contributed by atoms with Crippen LogP contribution in [0.3, 0.4) is 0 Å². The van der Waals surface area contributed by atoms with Crippen molar-refractivity contribution in [2.24, 2.45) is 0 Å². The van der Waals surface area contributed by atoms with Crippen LogP contribution in [0.1, 0.15) is 24.8 Å². The minimum absolute atomic E-state index is 0.312. The van der Waals surface area contributed by atoms with Gasteiger partial charge < -0.3 is 5.32 Å². The van der Waals surface area contributed by atoms with Gasteiger partial charge >= 0.3 is 0 Å². The van der Waals surface area contributed by atoms with E-state index in [2.05, 4.69) is 5.32 Å². The Labute approximate surface area is 114 Å². The zero-order valence-corrected chi connectivity index (χ0v) is 11.9. The topological polar surface area (TPSA) is 29.1 Å². The fourth-order valence-corrected chi connectivity index (χ4v) is 4.84. The van der Waals surface area contributed by atoms with E-state index >= 15 is 0 Å². The third kappa shape index (κ3) is 2.21. The molecule has 2 nitrogen and oxygen atoms in total. The van der Waals surface area contributed by atoms with Crippen molar-refractivity contribution in [3.8, 4) is 0 Å². The van der Waals surface area contributed by atoms with Crippen molar-refractivity contribution in [1.29, 1.82) is 0 Å². The lowest BCUT2D eigenvalue weighted by molar-refractivity contribution is 0.568. The molecule has 0 radical (unpaired) electrons. The molecule has 0 bridgehead atoms. The third-order valence-electron chi connectivity index (χ3n) is 3.38. The SMILES string of the molecule is CNC(=S)[C@@]1(c2cccc(F)c2)CCCC[S@]1=O. The van der Waals surface area contributed by atoms with Crippen LogP contribution in [0.15, 0.2) is 24.3 Å². The lowest BCUT2D eigenvalue weighted by Gasteiger charge is -2.37. The fourth-order valence-electron chi connectivity index (χ4n) is 2.46. The van der Waals surface area contributed by atoms with E-state index in [1.54, 1.807) is 13.1 Å². The van der Waals surface area contributed by atoms with Crippen LogP contribution in [0.2, 0.25) is 0 Å². The van der Waals surface area contributed by atoms with E-state index in [4.69, 9.17) is 12.2 Å². The van der Waals surface area contributed by atoms with Crippen molar-refractivity contribution >= 4 is 28.0 Å². The molecular weight excluding hydrogens is 269 g/mol. The predicted octanol–water partition coefficient (Wildman–Crippen LogP) is 2.50. The maximum atomic E-state index is 13.4. The van der Waals surface area contributed by atoms with Crippen molar-refractivity contribution in [2.75, 3.05) is 12.8 Å². The highest BCUT2D eigenvalue weighted by Crippen LogP contribution is 2.39. The van der Waals surface area contributed by atoms with Crippen molar-refractivity contribution in [1.82, 2.24) is 5.32 Å². The summed E-state index contributed by atoms with van der Waals surface area (Å²) in [5.41, 5.74) is 0.722. The van der Waals surface area contributed by atoms with Gasteiger partial charge in [-0.3, -0.25) is 4.21 Å². The fraction of sp³-hybridized carbons (Fsp3) is 0.462. The molecule has 18 heavy (non-hydrogen) atoms. The smallest absolute Gasteiger partial charge is 0.123 e. The quantitative estimate of drug-likeness (QED) is 0.847. The molecular formula is C13H16FNOS2. The summed E-state index contributed by atoms with van der Waals surface area (Å²) in [4.78, 5) is 0.547. The minimum Gasteiger partial charge on any atom is -0.381 e. The second-order valence-electron chi connectivity index (χ2n) is 4.42. The highest BCUT2D eigenvalue weighted by molar-refractivity contribution is 7.90. The van der Waals surface area contributed by atoms with Crippen LogP contribution in [0.25, 0.3) is 0 Å². The lowest BCUT2D eigenvalue weighted by atomic mass is 9.91. The van der Waals surface area contributed by atoms with Crippen LogP contribution in [-0.2, 0) is 15.5 Å². The van der Waals surface area contributed by atoms with Gasteiger partial charge in [-0.2, -0.15) is 0 Å². The molecule has 1 aliphatic rings. The molecule has 5 heteroatoms. The number of nitrogens with one attached hydrogen (secondary N) is 1. The summed E-state index contributed by atoms with van der Waals surface area (Å²) in [5.74, 6) is 0.312. The standard InChI is InChI=1S/C13H16FNOS2/c1-15-12(17)13(7-2-3-8-18(13)16)10-5-4-6-11(14)9-10/h4-6,9H,2-3,7-8H2,1H3,(H,15,17)/t13-,18+/m0/s1. The van der Waals surface area contributed by atoms with E-state index in [9.17, 15) is 8.60 Å². The monoisotopic (exact) mass is 285 g/mol. The molecule has 1 aromatic rings. The van der Waals surface area contributed by atoms with Gasteiger partial charge in [0.15, 0.2) is 0 Å². The second-order valence-corrected chi connectivity index (χ2v) is 6.63. The van der Waals surface area contributed by atoms with Gasteiger partial charge in [0.2, 0.25) is 0 Å². The van der Waals surface area contributed by atoms with Crippen LogP contribution in [0.5, 0.6) is 0 Å². The first-order valence-corrected chi connectivity index (χ1v) is 7.70. The van der Waals surface area contributed by atoms with E-state index in [-0.39, 0.29) is 5.82 Å². The van der Waals surface area contributed by atoms with Crippen molar-refractivity contribution in [3.63, 3.8) is 0 Å². The summed E-state index contributed by atoms with van der Waals surface area (Å²) in [6, 6.07) is 6.31. The molecule has 1 fully saturated rings. The number of hydrogen-bond acceptors (Lipinski definition) is 2. The average molecular weight is 285 g/mol. The molecule has 1 saturated heterocycles. The Morgan fingerprint density at radius 2 is 2.28 bits per heavy atom. The number of rotatable bonds is 2. The molecule has 1 N–H and O–H groups in total. The number of halogens is 1. The molecule has 1 aliphatic heterocycles. The van der Waals surface area contributed by atoms with E-state index in [1.165, 1.54) is 12.1 Å². The molecule has 2 rings (SSSR count). The summed E-state index contributed by atoms with van der Waals surface area (Å²) >= 11 is 5.36. The van der Waals surface area contributed by atoms with E-state index in [0.29, 0.717) is 17.2 Å². The zero-order chi connectivity index (χ0) is 13.2. The van der Waals surface area contributed by atoms with Crippen LogP contribution < -0.4 is 5.32 Å².